The van der Waals surface area contributed by atoms with Crippen LogP contribution in [0, 0.1) is 6.92 Å². The summed E-state index contributed by atoms with van der Waals surface area (Å²) in [5.41, 5.74) is 6.64. The van der Waals surface area contributed by atoms with Gasteiger partial charge in [0, 0.05) is 23.6 Å². The van der Waals surface area contributed by atoms with Crippen molar-refractivity contribution in [3.05, 3.63) is 65.9 Å². The van der Waals surface area contributed by atoms with Gasteiger partial charge in [0.25, 0.3) is 0 Å². The summed E-state index contributed by atoms with van der Waals surface area (Å²) in [5.74, 6) is -0.600. The Balaban J connectivity index is 1.47. The lowest BCUT2D eigenvalue weighted by Crippen LogP contribution is -2.76. The number of hydrogen-bond donors (Lipinski definition) is 2. The standard InChI is InChI=1S/C23H24N4O5S/c1-15-11-17(20-5-3-4-6-21(20)25-15)12-32-18-7-9-19(10-8-18)33(30,31)26-23(22(24)29)13-27(14-23)16(2)28/h3-11,26H,12-14H2,1-2H3,(H2,24,29). The lowest BCUT2D eigenvalue weighted by molar-refractivity contribution is -0.143. The van der Waals surface area contributed by atoms with Gasteiger partial charge in [0.05, 0.1) is 23.5 Å². The van der Waals surface area contributed by atoms with E-state index in [4.69, 9.17) is 10.5 Å². The molecule has 0 unspecified atom stereocenters. The number of likely N-dealkylation sites (tertiary alicyclic amines) is 1. The molecule has 1 aromatic heterocycles. The van der Waals surface area contributed by atoms with Crippen molar-refractivity contribution in [2.75, 3.05) is 13.1 Å². The molecule has 33 heavy (non-hydrogen) atoms. The first-order chi connectivity index (χ1) is 15.6. The van der Waals surface area contributed by atoms with Gasteiger partial charge in [0.15, 0.2) is 0 Å². The van der Waals surface area contributed by atoms with Gasteiger partial charge in [-0.25, -0.2) is 8.42 Å². The fourth-order valence-corrected chi connectivity index (χ4v) is 5.16. The molecule has 3 aromatic rings. The van der Waals surface area contributed by atoms with Crippen molar-refractivity contribution >= 4 is 32.7 Å². The fourth-order valence-electron chi connectivity index (χ4n) is 3.81. The number of ether oxygens (including phenoxy) is 1. The van der Waals surface area contributed by atoms with Crippen molar-refractivity contribution in [2.45, 2.75) is 30.9 Å². The Morgan fingerprint density at radius 1 is 1.15 bits per heavy atom. The number of amides is 2. The summed E-state index contributed by atoms with van der Waals surface area (Å²) in [6.07, 6.45) is 0. The SMILES string of the molecule is CC(=O)N1CC(NS(=O)(=O)c2ccc(OCc3cc(C)nc4ccccc34)cc2)(C(N)=O)C1. The van der Waals surface area contributed by atoms with Crippen LogP contribution < -0.4 is 15.2 Å². The van der Waals surface area contributed by atoms with Crippen LogP contribution in [0.15, 0.2) is 59.5 Å². The molecule has 1 aliphatic rings. The Labute approximate surface area is 191 Å². The molecular weight excluding hydrogens is 444 g/mol. The van der Waals surface area contributed by atoms with E-state index in [0.29, 0.717) is 12.4 Å². The van der Waals surface area contributed by atoms with Gasteiger partial charge in [0.2, 0.25) is 21.8 Å². The van der Waals surface area contributed by atoms with Crippen molar-refractivity contribution in [3.63, 3.8) is 0 Å². The van der Waals surface area contributed by atoms with E-state index in [9.17, 15) is 18.0 Å². The number of pyridine rings is 1. The molecule has 0 aliphatic carbocycles. The number of carbonyl (C=O) groups excluding carboxylic acids is 2. The number of sulfonamides is 1. The number of fused-ring (bicyclic) bond motifs is 1. The number of aryl methyl sites for hydroxylation is 1. The van der Waals surface area contributed by atoms with E-state index in [-0.39, 0.29) is 23.9 Å². The van der Waals surface area contributed by atoms with Crippen LogP contribution in [0.5, 0.6) is 5.75 Å². The zero-order chi connectivity index (χ0) is 23.8. The number of para-hydroxylation sites is 1. The molecule has 9 nitrogen and oxygen atoms in total. The highest BCUT2D eigenvalue weighted by Gasteiger charge is 2.51. The van der Waals surface area contributed by atoms with Gasteiger partial charge >= 0.3 is 0 Å². The van der Waals surface area contributed by atoms with E-state index in [2.05, 4.69) is 9.71 Å². The second-order valence-electron chi connectivity index (χ2n) is 8.13. The van der Waals surface area contributed by atoms with E-state index in [0.717, 1.165) is 22.2 Å². The number of benzene rings is 2. The topological polar surface area (TPSA) is 132 Å². The zero-order valence-corrected chi connectivity index (χ0v) is 19.1. The molecular formula is C23H24N4O5S. The number of nitrogens with one attached hydrogen (secondary N) is 1. The van der Waals surface area contributed by atoms with Gasteiger partial charge in [-0.3, -0.25) is 14.6 Å². The number of rotatable bonds is 7. The van der Waals surface area contributed by atoms with Gasteiger partial charge in [0.1, 0.15) is 17.9 Å². The van der Waals surface area contributed by atoms with Crippen molar-refractivity contribution in [1.29, 1.82) is 0 Å². The molecule has 0 atom stereocenters. The van der Waals surface area contributed by atoms with Gasteiger partial charge in [-0.15, -0.1) is 0 Å². The minimum Gasteiger partial charge on any atom is -0.489 e. The van der Waals surface area contributed by atoms with E-state index in [1.807, 2.05) is 37.3 Å². The van der Waals surface area contributed by atoms with Crippen molar-refractivity contribution in [3.8, 4) is 5.75 Å². The number of hydrogen-bond acceptors (Lipinski definition) is 6. The molecule has 2 aromatic carbocycles. The maximum atomic E-state index is 12.8. The Morgan fingerprint density at radius 2 is 1.82 bits per heavy atom. The van der Waals surface area contributed by atoms with E-state index in [1.54, 1.807) is 12.1 Å². The molecule has 4 rings (SSSR count). The second-order valence-corrected chi connectivity index (χ2v) is 9.81. The van der Waals surface area contributed by atoms with Crippen LogP contribution in [0.1, 0.15) is 18.2 Å². The number of aromatic nitrogens is 1. The fraction of sp³-hybridized carbons (Fsp3) is 0.261. The highest BCUT2D eigenvalue weighted by molar-refractivity contribution is 7.89. The van der Waals surface area contributed by atoms with Gasteiger partial charge < -0.3 is 15.4 Å². The Kier molecular flexibility index (Phi) is 5.81. The Bertz CT molecular complexity index is 1330. The minimum atomic E-state index is -4.04. The van der Waals surface area contributed by atoms with Crippen LogP contribution >= 0.6 is 0 Å². The molecule has 10 heteroatoms. The molecule has 0 saturated carbocycles. The summed E-state index contributed by atoms with van der Waals surface area (Å²) in [4.78, 5) is 29.2. The Hall–Kier alpha value is -3.50. The average Bonchev–Trinajstić information content (AvgIpc) is 2.74. The summed E-state index contributed by atoms with van der Waals surface area (Å²) < 4.78 is 33.9. The maximum Gasteiger partial charge on any atom is 0.242 e. The van der Waals surface area contributed by atoms with E-state index < -0.39 is 21.5 Å². The summed E-state index contributed by atoms with van der Waals surface area (Å²) in [6, 6.07) is 15.6. The third-order valence-corrected chi connectivity index (χ3v) is 7.18. The van der Waals surface area contributed by atoms with Crippen LogP contribution in [0.2, 0.25) is 0 Å². The molecule has 2 amide bonds. The number of nitrogens with two attached hydrogens (primary N) is 1. The average molecular weight is 469 g/mol. The van der Waals surface area contributed by atoms with Crippen LogP contribution in [0.3, 0.4) is 0 Å². The molecule has 1 saturated heterocycles. The molecule has 1 aliphatic heterocycles. The summed E-state index contributed by atoms with van der Waals surface area (Å²) in [7, 11) is -4.04. The van der Waals surface area contributed by atoms with Crippen LogP contribution in [0.4, 0.5) is 0 Å². The largest absolute Gasteiger partial charge is 0.489 e. The number of primary amides is 1. The molecule has 2 heterocycles. The third-order valence-electron chi connectivity index (χ3n) is 5.63. The van der Waals surface area contributed by atoms with E-state index >= 15 is 0 Å². The summed E-state index contributed by atoms with van der Waals surface area (Å²) in [6.45, 7) is 3.35. The molecule has 0 bridgehead atoms. The predicted molar refractivity (Wildman–Crippen MR) is 122 cm³/mol. The maximum absolute atomic E-state index is 12.8. The smallest absolute Gasteiger partial charge is 0.242 e. The lowest BCUT2D eigenvalue weighted by atomic mass is 9.90. The zero-order valence-electron chi connectivity index (χ0n) is 18.2. The van der Waals surface area contributed by atoms with Crippen LogP contribution in [0.25, 0.3) is 10.9 Å². The first-order valence-electron chi connectivity index (χ1n) is 10.3. The van der Waals surface area contributed by atoms with Gasteiger partial charge in [-0.1, -0.05) is 18.2 Å². The molecule has 3 N–H and O–H groups in total. The summed E-state index contributed by atoms with van der Waals surface area (Å²) >= 11 is 0. The second kappa shape index (κ2) is 8.45. The first-order valence-corrected chi connectivity index (χ1v) is 11.8. The predicted octanol–water partition coefficient (Wildman–Crippen LogP) is 1.49. The molecule has 0 radical (unpaired) electrons. The lowest BCUT2D eigenvalue weighted by Gasteiger charge is -2.47. The third kappa shape index (κ3) is 4.53. The summed E-state index contributed by atoms with van der Waals surface area (Å²) in [5, 5.41) is 0.989. The normalized spacial score (nSPS) is 15.2. The van der Waals surface area contributed by atoms with E-state index in [1.165, 1.54) is 24.0 Å². The number of carbonyl (C=O) groups is 2. The molecule has 0 spiro atoms. The quantitative estimate of drug-likeness (QED) is 0.540. The van der Waals surface area contributed by atoms with Gasteiger partial charge in [-0.05, 0) is 43.3 Å². The molecule has 172 valence electrons. The van der Waals surface area contributed by atoms with Crippen LogP contribution in [-0.2, 0) is 26.2 Å². The van der Waals surface area contributed by atoms with Crippen molar-refractivity contribution in [1.82, 2.24) is 14.6 Å². The highest BCUT2D eigenvalue weighted by atomic mass is 32.2. The minimum absolute atomic E-state index is 0.0399. The Morgan fingerprint density at radius 3 is 2.45 bits per heavy atom. The molecule has 1 fully saturated rings. The monoisotopic (exact) mass is 468 g/mol. The van der Waals surface area contributed by atoms with Crippen molar-refractivity contribution < 1.29 is 22.7 Å². The number of nitrogens with zero attached hydrogens (tertiary/aromatic N) is 2. The highest BCUT2D eigenvalue weighted by Crippen LogP contribution is 2.25. The van der Waals surface area contributed by atoms with Crippen molar-refractivity contribution in [2.24, 2.45) is 5.73 Å². The first kappa shape index (κ1) is 22.7. The van der Waals surface area contributed by atoms with Crippen LogP contribution in [-0.4, -0.2) is 48.7 Å². The van der Waals surface area contributed by atoms with Gasteiger partial charge in [-0.2, -0.15) is 4.72 Å².